The fourth-order valence-corrected chi connectivity index (χ4v) is 4.35. The molecule has 180 valence electrons. The molecular formula is C25H23F2N5O3. The first-order valence-corrected chi connectivity index (χ1v) is 11.3. The molecule has 0 bridgehead atoms. The van der Waals surface area contributed by atoms with Gasteiger partial charge in [-0.1, -0.05) is 18.2 Å². The van der Waals surface area contributed by atoms with Crippen molar-refractivity contribution >= 4 is 23.3 Å². The summed E-state index contributed by atoms with van der Waals surface area (Å²) < 4.78 is 28.7. The van der Waals surface area contributed by atoms with Gasteiger partial charge in [-0.3, -0.25) is 9.59 Å². The summed E-state index contributed by atoms with van der Waals surface area (Å²) in [6, 6.07) is 10.5. The van der Waals surface area contributed by atoms with Crippen LogP contribution >= 0.6 is 0 Å². The van der Waals surface area contributed by atoms with Crippen LogP contribution in [0.25, 0.3) is 11.4 Å². The van der Waals surface area contributed by atoms with E-state index >= 15 is 0 Å². The molecule has 2 aromatic carbocycles. The number of fused-ring (bicyclic) bond motifs is 1. The highest BCUT2D eigenvalue weighted by molar-refractivity contribution is 6.03. The number of benzene rings is 2. The maximum absolute atomic E-state index is 14.4. The molecule has 5 rings (SSSR count). The molecule has 0 aliphatic carbocycles. The predicted octanol–water partition coefficient (Wildman–Crippen LogP) is 2.93. The van der Waals surface area contributed by atoms with Crippen molar-refractivity contribution in [2.45, 2.75) is 31.9 Å². The molecule has 10 heteroatoms. The average Bonchev–Trinajstić information content (AvgIpc) is 3.21. The van der Waals surface area contributed by atoms with Crippen molar-refractivity contribution in [3.63, 3.8) is 0 Å². The van der Waals surface area contributed by atoms with Gasteiger partial charge in [-0.2, -0.15) is 0 Å². The van der Waals surface area contributed by atoms with E-state index in [0.29, 0.717) is 30.9 Å². The van der Waals surface area contributed by atoms with Gasteiger partial charge in [0.15, 0.2) is 5.82 Å². The first-order chi connectivity index (χ1) is 16.9. The molecule has 0 unspecified atom stereocenters. The third-order valence-corrected chi connectivity index (χ3v) is 6.14. The van der Waals surface area contributed by atoms with Gasteiger partial charge in [0, 0.05) is 18.8 Å². The van der Waals surface area contributed by atoms with Crippen LogP contribution in [0, 0.1) is 11.6 Å². The predicted molar refractivity (Wildman–Crippen MR) is 124 cm³/mol. The standard InChI is InChI=1S/C25H23F2N5O3/c26-17-4-1-5-18(27)21(17)23-30-19-12-28-25(35)22(19)24(31-23)29-15-8-6-14(7-9-15)11-20(34)32-10-2-3-16(33)13-32/h1,4-9,16,33H,2-3,10-13H2,(H,28,35)(H,29,30,31)/t16-/m1/s1. The molecule has 1 saturated heterocycles. The highest BCUT2D eigenvalue weighted by atomic mass is 19.1. The molecular weight excluding hydrogens is 456 g/mol. The summed E-state index contributed by atoms with van der Waals surface area (Å²) in [5, 5.41) is 15.5. The van der Waals surface area contributed by atoms with Crippen LogP contribution in [0.4, 0.5) is 20.3 Å². The van der Waals surface area contributed by atoms with E-state index in [4.69, 9.17) is 0 Å². The van der Waals surface area contributed by atoms with Crippen molar-refractivity contribution in [1.29, 1.82) is 0 Å². The minimum atomic E-state index is -0.802. The topological polar surface area (TPSA) is 107 Å². The lowest BCUT2D eigenvalue weighted by Gasteiger charge is -2.30. The minimum absolute atomic E-state index is 0.0497. The number of hydrogen-bond acceptors (Lipinski definition) is 6. The fraction of sp³-hybridized carbons (Fsp3) is 0.280. The SMILES string of the molecule is O=C1NCc2nc(-c3c(F)cccc3F)nc(Nc3ccc(CC(=O)N4CCC[C@@H](O)C4)cc3)c21. The largest absolute Gasteiger partial charge is 0.391 e. The number of nitrogens with zero attached hydrogens (tertiary/aromatic N) is 3. The Morgan fingerprint density at radius 2 is 1.86 bits per heavy atom. The van der Waals surface area contributed by atoms with Gasteiger partial charge in [0.1, 0.15) is 23.0 Å². The Labute approximate surface area is 200 Å². The first-order valence-electron chi connectivity index (χ1n) is 11.3. The zero-order valence-electron chi connectivity index (χ0n) is 18.7. The van der Waals surface area contributed by atoms with Gasteiger partial charge >= 0.3 is 0 Å². The zero-order valence-corrected chi connectivity index (χ0v) is 18.7. The second-order valence-corrected chi connectivity index (χ2v) is 8.63. The molecule has 0 radical (unpaired) electrons. The summed E-state index contributed by atoms with van der Waals surface area (Å²) in [6.45, 7) is 1.12. The monoisotopic (exact) mass is 479 g/mol. The number of β-amino-alcohol motifs (C(OH)–C–C–N with tert-alkyl or cyclic N) is 1. The number of nitrogens with one attached hydrogen (secondary N) is 2. The average molecular weight is 479 g/mol. The van der Waals surface area contributed by atoms with Crippen LogP contribution in [0.1, 0.15) is 34.5 Å². The number of aliphatic hydroxyl groups excluding tert-OH is 1. The van der Waals surface area contributed by atoms with Crippen LogP contribution < -0.4 is 10.6 Å². The Hall–Kier alpha value is -3.92. The van der Waals surface area contributed by atoms with Crippen LogP contribution in [0.2, 0.25) is 0 Å². The van der Waals surface area contributed by atoms with Gasteiger partial charge < -0.3 is 20.6 Å². The lowest BCUT2D eigenvalue weighted by Crippen LogP contribution is -2.42. The molecule has 0 spiro atoms. The number of aliphatic hydroxyl groups is 1. The third-order valence-electron chi connectivity index (χ3n) is 6.14. The van der Waals surface area contributed by atoms with E-state index in [2.05, 4.69) is 20.6 Å². The van der Waals surface area contributed by atoms with E-state index in [1.54, 1.807) is 29.2 Å². The van der Waals surface area contributed by atoms with Crippen molar-refractivity contribution in [2.24, 2.45) is 0 Å². The second kappa shape index (κ2) is 9.38. The quantitative estimate of drug-likeness (QED) is 0.520. The first kappa shape index (κ1) is 22.9. The van der Waals surface area contributed by atoms with Crippen LogP contribution in [-0.4, -0.2) is 51.0 Å². The van der Waals surface area contributed by atoms with Crippen molar-refractivity contribution in [3.8, 4) is 11.4 Å². The number of rotatable bonds is 5. The van der Waals surface area contributed by atoms with Gasteiger partial charge in [0.25, 0.3) is 5.91 Å². The van der Waals surface area contributed by atoms with E-state index < -0.39 is 17.7 Å². The van der Waals surface area contributed by atoms with Crippen LogP contribution in [-0.2, 0) is 17.8 Å². The highest BCUT2D eigenvalue weighted by Gasteiger charge is 2.28. The van der Waals surface area contributed by atoms with Crippen LogP contribution in [0.15, 0.2) is 42.5 Å². The highest BCUT2D eigenvalue weighted by Crippen LogP contribution is 2.30. The number of halogens is 2. The summed E-state index contributed by atoms with van der Waals surface area (Å²) in [7, 11) is 0. The molecule has 3 N–H and O–H groups in total. The number of hydrogen-bond donors (Lipinski definition) is 3. The summed E-state index contributed by atoms with van der Waals surface area (Å²) in [4.78, 5) is 35.1. The maximum atomic E-state index is 14.4. The Bertz CT molecular complexity index is 1280. The van der Waals surface area contributed by atoms with Gasteiger partial charge in [0.05, 0.1) is 30.3 Å². The van der Waals surface area contributed by atoms with Crippen molar-refractivity contribution < 1.29 is 23.5 Å². The van der Waals surface area contributed by atoms with Gasteiger partial charge in [-0.05, 0) is 42.7 Å². The minimum Gasteiger partial charge on any atom is -0.391 e. The number of aromatic nitrogens is 2. The molecule has 1 atom stereocenters. The zero-order chi connectivity index (χ0) is 24.5. The Morgan fingerprint density at radius 1 is 1.11 bits per heavy atom. The summed E-state index contributed by atoms with van der Waals surface area (Å²) in [5.74, 6) is -2.06. The van der Waals surface area contributed by atoms with Crippen molar-refractivity contribution in [3.05, 3.63) is 70.9 Å². The molecule has 0 saturated carbocycles. The van der Waals surface area contributed by atoms with Crippen LogP contribution in [0.3, 0.4) is 0 Å². The molecule has 3 aromatic rings. The number of anilines is 2. The van der Waals surface area contributed by atoms with Crippen molar-refractivity contribution in [2.75, 3.05) is 18.4 Å². The number of carbonyl (C=O) groups is 2. The molecule has 35 heavy (non-hydrogen) atoms. The Balaban J connectivity index is 1.38. The molecule has 2 amide bonds. The van der Waals surface area contributed by atoms with E-state index in [9.17, 15) is 23.5 Å². The lowest BCUT2D eigenvalue weighted by atomic mass is 10.1. The molecule has 1 fully saturated rings. The Morgan fingerprint density at radius 3 is 2.57 bits per heavy atom. The number of carbonyl (C=O) groups excluding carboxylic acids is 2. The molecule has 2 aliphatic rings. The van der Waals surface area contributed by atoms with E-state index in [1.807, 2.05) is 0 Å². The summed E-state index contributed by atoms with van der Waals surface area (Å²) in [6.07, 6.45) is 1.22. The summed E-state index contributed by atoms with van der Waals surface area (Å²) in [5.41, 5.74) is 1.56. The van der Waals surface area contributed by atoms with Gasteiger partial charge in [-0.25, -0.2) is 18.7 Å². The van der Waals surface area contributed by atoms with Crippen molar-refractivity contribution in [1.82, 2.24) is 20.2 Å². The molecule has 2 aliphatic heterocycles. The smallest absolute Gasteiger partial charge is 0.257 e. The number of likely N-dealkylation sites (tertiary alicyclic amines) is 1. The summed E-state index contributed by atoms with van der Waals surface area (Å²) >= 11 is 0. The normalized spacial score (nSPS) is 17.2. The van der Waals surface area contributed by atoms with Gasteiger partial charge in [0.2, 0.25) is 5.91 Å². The van der Waals surface area contributed by atoms with Gasteiger partial charge in [-0.15, -0.1) is 0 Å². The fourth-order valence-electron chi connectivity index (χ4n) is 4.35. The van der Waals surface area contributed by atoms with E-state index in [1.165, 1.54) is 6.07 Å². The van der Waals surface area contributed by atoms with E-state index in [0.717, 1.165) is 24.1 Å². The number of piperidine rings is 1. The molecule has 3 heterocycles. The number of amides is 2. The molecule has 1 aromatic heterocycles. The third kappa shape index (κ3) is 4.69. The molecule has 8 nitrogen and oxygen atoms in total. The second-order valence-electron chi connectivity index (χ2n) is 8.63. The Kier molecular flexibility index (Phi) is 6.12. The maximum Gasteiger partial charge on any atom is 0.257 e. The lowest BCUT2D eigenvalue weighted by molar-refractivity contribution is -0.133. The van der Waals surface area contributed by atoms with Crippen LogP contribution in [0.5, 0.6) is 0 Å². The van der Waals surface area contributed by atoms with E-state index in [-0.39, 0.29) is 47.5 Å².